The van der Waals surface area contributed by atoms with Crippen LogP contribution in [0.1, 0.15) is 19.4 Å². The topological polar surface area (TPSA) is 46.5 Å². The van der Waals surface area contributed by atoms with Gasteiger partial charge in [-0.3, -0.25) is 5.43 Å². The van der Waals surface area contributed by atoms with E-state index in [4.69, 9.17) is 4.74 Å². The minimum absolute atomic E-state index is 0.503. The van der Waals surface area contributed by atoms with Gasteiger partial charge < -0.3 is 4.74 Å². The van der Waals surface area contributed by atoms with E-state index < -0.39 is 0 Å². The van der Waals surface area contributed by atoms with Crippen molar-refractivity contribution in [1.29, 1.82) is 0 Å². The molecule has 0 spiro atoms. The highest BCUT2D eigenvalue weighted by atomic mass is 32.1. The molecule has 5 heteroatoms. The summed E-state index contributed by atoms with van der Waals surface area (Å²) in [5, 5.41) is 7.06. The first-order valence-electron chi connectivity index (χ1n) is 8.23. The summed E-state index contributed by atoms with van der Waals surface area (Å²) in [5.74, 6) is 1.36. The van der Waals surface area contributed by atoms with Crippen molar-refractivity contribution in [2.45, 2.75) is 13.8 Å². The van der Waals surface area contributed by atoms with Gasteiger partial charge in [-0.25, -0.2) is 4.98 Å². The van der Waals surface area contributed by atoms with E-state index in [1.54, 1.807) is 6.21 Å². The summed E-state index contributed by atoms with van der Waals surface area (Å²) in [6.07, 6.45) is 1.77. The highest BCUT2D eigenvalue weighted by Crippen LogP contribution is 2.24. The monoisotopic (exact) mass is 351 g/mol. The number of benzene rings is 2. The highest BCUT2D eigenvalue weighted by molar-refractivity contribution is 7.14. The minimum Gasteiger partial charge on any atom is -0.493 e. The van der Waals surface area contributed by atoms with Crippen molar-refractivity contribution in [3.63, 3.8) is 0 Å². The molecular weight excluding hydrogens is 330 g/mol. The molecule has 128 valence electrons. The number of hydrogen-bond donors (Lipinski definition) is 1. The maximum atomic E-state index is 5.73. The normalized spacial score (nSPS) is 11.2. The lowest BCUT2D eigenvalue weighted by atomic mass is 10.2. The molecule has 0 bridgehead atoms. The van der Waals surface area contributed by atoms with Gasteiger partial charge in [-0.1, -0.05) is 56.3 Å². The van der Waals surface area contributed by atoms with Crippen molar-refractivity contribution in [3.8, 4) is 17.0 Å². The number of hydrazone groups is 1. The quantitative estimate of drug-likeness (QED) is 0.465. The first kappa shape index (κ1) is 17.2. The van der Waals surface area contributed by atoms with E-state index in [0.29, 0.717) is 12.5 Å². The van der Waals surface area contributed by atoms with Gasteiger partial charge in [-0.05, 0) is 23.6 Å². The highest BCUT2D eigenvalue weighted by Gasteiger charge is 2.03. The third kappa shape index (κ3) is 5.16. The Morgan fingerprint density at radius 1 is 1.16 bits per heavy atom. The average molecular weight is 351 g/mol. The summed E-state index contributed by atoms with van der Waals surface area (Å²) in [6.45, 7) is 4.97. The van der Waals surface area contributed by atoms with Crippen LogP contribution in [0.25, 0.3) is 11.3 Å². The SMILES string of the molecule is CC(C)COc1cccc(C=NNc2nc(-c3ccccc3)cs2)c1. The zero-order valence-corrected chi connectivity index (χ0v) is 15.2. The molecule has 0 saturated carbocycles. The van der Waals surface area contributed by atoms with Crippen molar-refractivity contribution in [3.05, 3.63) is 65.5 Å². The van der Waals surface area contributed by atoms with E-state index in [1.165, 1.54) is 11.3 Å². The molecule has 2 aromatic carbocycles. The second-order valence-corrected chi connectivity index (χ2v) is 6.91. The fourth-order valence-corrected chi connectivity index (χ4v) is 2.84. The zero-order chi connectivity index (χ0) is 17.5. The van der Waals surface area contributed by atoms with Gasteiger partial charge in [0.15, 0.2) is 0 Å². The van der Waals surface area contributed by atoms with Crippen molar-refractivity contribution < 1.29 is 4.74 Å². The van der Waals surface area contributed by atoms with Gasteiger partial charge in [0.25, 0.3) is 0 Å². The lowest BCUT2D eigenvalue weighted by Gasteiger charge is -2.08. The number of nitrogens with zero attached hydrogens (tertiary/aromatic N) is 2. The van der Waals surface area contributed by atoms with Gasteiger partial charge >= 0.3 is 0 Å². The van der Waals surface area contributed by atoms with Crippen LogP contribution in [0.5, 0.6) is 5.75 Å². The van der Waals surface area contributed by atoms with Gasteiger partial charge in [0.2, 0.25) is 5.13 Å². The van der Waals surface area contributed by atoms with Crippen molar-refractivity contribution >= 4 is 22.7 Å². The van der Waals surface area contributed by atoms with Crippen LogP contribution in [0.2, 0.25) is 0 Å². The van der Waals surface area contributed by atoms with E-state index in [0.717, 1.165) is 27.7 Å². The van der Waals surface area contributed by atoms with Gasteiger partial charge in [0, 0.05) is 10.9 Å². The third-order valence-corrected chi connectivity index (χ3v) is 4.14. The Hall–Kier alpha value is -2.66. The van der Waals surface area contributed by atoms with E-state index in [2.05, 4.69) is 29.4 Å². The Morgan fingerprint density at radius 2 is 2.00 bits per heavy atom. The van der Waals surface area contributed by atoms with Crippen LogP contribution in [0.3, 0.4) is 0 Å². The van der Waals surface area contributed by atoms with Crippen LogP contribution in [0, 0.1) is 5.92 Å². The van der Waals surface area contributed by atoms with Crippen LogP contribution in [-0.4, -0.2) is 17.8 Å². The van der Waals surface area contributed by atoms with Gasteiger partial charge in [0.1, 0.15) is 5.75 Å². The van der Waals surface area contributed by atoms with Gasteiger partial charge in [0.05, 0.1) is 18.5 Å². The second kappa shape index (κ2) is 8.44. The maximum Gasteiger partial charge on any atom is 0.203 e. The predicted octanol–water partition coefficient (Wildman–Crippen LogP) is 5.29. The number of rotatable bonds is 7. The lowest BCUT2D eigenvalue weighted by molar-refractivity contribution is 0.271. The number of aromatic nitrogens is 1. The Labute approximate surface area is 152 Å². The molecule has 0 saturated heterocycles. The van der Waals surface area contributed by atoms with Crippen LogP contribution < -0.4 is 10.2 Å². The summed E-state index contributed by atoms with van der Waals surface area (Å²) in [4.78, 5) is 4.55. The minimum atomic E-state index is 0.503. The molecule has 1 N–H and O–H groups in total. The summed E-state index contributed by atoms with van der Waals surface area (Å²) in [7, 11) is 0. The number of ether oxygens (including phenoxy) is 1. The Bertz CT molecular complexity index is 828. The number of nitrogens with one attached hydrogen (secondary N) is 1. The molecule has 0 radical (unpaired) electrons. The van der Waals surface area contributed by atoms with Crippen LogP contribution >= 0.6 is 11.3 Å². The van der Waals surface area contributed by atoms with Crippen LogP contribution in [0.15, 0.2) is 65.1 Å². The largest absolute Gasteiger partial charge is 0.493 e. The Morgan fingerprint density at radius 3 is 2.80 bits per heavy atom. The van der Waals surface area contributed by atoms with Crippen molar-refractivity contribution in [2.24, 2.45) is 11.0 Å². The lowest BCUT2D eigenvalue weighted by Crippen LogP contribution is -2.04. The predicted molar refractivity (Wildman–Crippen MR) is 106 cm³/mol. The smallest absolute Gasteiger partial charge is 0.203 e. The fraction of sp³-hybridized carbons (Fsp3) is 0.200. The maximum absolute atomic E-state index is 5.73. The molecule has 25 heavy (non-hydrogen) atoms. The van der Waals surface area contributed by atoms with E-state index in [-0.39, 0.29) is 0 Å². The molecule has 0 aliphatic rings. The molecule has 3 aromatic rings. The molecule has 3 rings (SSSR count). The molecule has 4 nitrogen and oxygen atoms in total. The van der Waals surface area contributed by atoms with E-state index in [1.807, 2.05) is 60.0 Å². The summed E-state index contributed by atoms with van der Waals surface area (Å²) >= 11 is 1.53. The molecule has 0 fully saturated rings. The standard InChI is InChI=1S/C20H21N3OS/c1-15(2)13-24-18-10-6-7-16(11-18)12-21-23-20-22-19(14-25-20)17-8-4-3-5-9-17/h3-12,14-15H,13H2,1-2H3,(H,22,23). The molecule has 0 amide bonds. The van der Waals surface area contributed by atoms with E-state index in [9.17, 15) is 0 Å². The first-order chi connectivity index (χ1) is 12.2. The summed E-state index contributed by atoms with van der Waals surface area (Å²) in [5.41, 5.74) is 6.02. The van der Waals surface area contributed by atoms with Gasteiger partial charge in [-0.15, -0.1) is 11.3 Å². The molecular formula is C20H21N3OS. The molecule has 1 aromatic heterocycles. The van der Waals surface area contributed by atoms with Crippen LogP contribution in [0.4, 0.5) is 5.13 Å². The molecule has 0 atom stereocenters. The molecule has 1 heterocycles. The summed E-state index contributed by atoms with van der Waals surface area (Å²) < 4.78 is 5.73. The molecule has 0 unspecified atom stereocenters. The van der Waals surface area contributed by atoms with E-state index >= 15 is 0 Å². The average Bonchev–Trinajstić information content (AvgIpc) is 3.10. The number of anilines is 1. The fourth-order valence-electron chi connectivity index (χ4n) is 2.18. The number of hydrogen-bond acceptors (Lipinski definition) is 5. The Kier molecular flexibility index (Phi) is 5.80. The number of thiazole rings is 1. The molecule has 0 aliphatic carbocycles. The van der Waals surface area contributed by atoms with Crippen LogP contribution in [-0.2, 0) is 0 Å². The zero-order valence-electron chi connectivity index (χ0n) is 14.3. The Balaban J connectivity index is 1.60. The first-order valence-corrected chi connectivity index (χ1v) is 9.11. The van der Waals surface area contributed by atoms with Gasteiger partial charge in [-0.2, -0.15) is 5.10 Å². The second-order valence-electron chi connectivity index (χ2n) is 6.05. The third-order valence-electron chi connectivity index (χ3n) is 3.39. The van der Waals surface area contributed by atoms with Crippen molar-refractivity contribution in [1.82, 2.24) is 4.98 Å². The van der Waals surface area contributed by atoms with Crippen molar-refractivity contribution in [2.75, 3.05) is 12.0 Å². The summed E-state index contributed by atoms with van der Waals surface area (Å²) in [6, 6.07) is 18.0. The molecule has 0 aliphatic heterocycles.